The van der Waals surface area contributed by atoms with Gasteiger partial charge >= 0.3 is 0 Å². The average molecular weight is 530 g/mol. The van der Waals surface area contributed by atoms with E-state index >= 15 is 0 Å². The number of carbonyl (C=O) groups is 1. The van der Waals surface area contributed by atoms with Gasteiger partial charge in [0.05, 0.1) is 10.9 Å². The van der Waals surface area contributed by atoms with Crippen molar-refractivity contribution in [1.29, 1.82) is 0 Å². The van der Waals surface area contributed by atoms with E-state index in [1.165, 1.54) is 22.1 Å². The van der Waals surface area contributed by atoms with Gasteiger partial charge in [-0.3, -0.25) is 9.79 Å². The van der Waals surface area contributed by atoms with Crippen molar-refractivity contribution in [2.24, 2.45) is 4.99 Å². The first kappa shape index (κ1) is 26.2. The predicted octanol–water partition coefficient (Wildman–Crippen LogP) is 4.24. The summed E-state index contributed by atoms with van der Waals surface area (Å²) in [7, 11) is -3.53. The highest BCUT2D eigenvalue weighted by Crippen LogP contribution is 2.36. The second-order valence-corrected chi connectivity index (χ2v) is 11.4. The molecule has 1 unspecified atom stereocenters. The molecule has 192 valence electrons. The zero-order valence-corrected chi connectivity index (χ0v) is 22.1. The smallest absolute Gasteiger partial charge is 0.249 e. The molecule has 0 aromatic heterocycles. The highest BCUT2D eigenvalue weighted by molar-refractivity contribution is 8.14. The van der Waals surface area contributed by atoms with Gasteiger partial charge in [-0.25, -0.2) is 8.42 Å². The van der Waals surface area contributed by atoms with Gasteiger partial charge in [0.15, 0.2) is 16.7 Å². The first-order chi connectivity index (χ1) is 17.4. The maximum Gasteiger partial charge on any atom is 0.249 e. The molecule has 2 aliphatic rings. The van der Waals surface area contributed by atoms with Gasteiger partial charge in [0.25, 0.3) is 0 Å². The Bertz CT molecular complexity index is 1240. The molecule has 0 bridgehead atoms. The van der Waals surface area contributed by atoms with Crippen LogP contribution in [0.25, 0.3) is 6.08 Å². The fourth-order valence-electron chi connectivity index (χ4n) is 3.95. The molecule has 2 aromatic rings. The molecule has 2 heterocycles. The molecule has 0 saturated carbocycles. The fraction of sp³-hybridized carbons (Fsp3) is 0.385. The van der Waals surface area contributed by atoms with Gasteiger partial charge in [0.1, 0.15) is 13.2 Å². The Kier molecular flexibility index (Phi) is 8.71. The van der Waals surface area contributed by atoms with Gasteiger partial charge in [0.2, 0.25) is 15.9 Å². The van der Waals surface area contributed by atoms with Crippen LogP contribution >= 0.6 is 11.8 Å². The molecule has 1 atom stereocenters. The monoisotopic (exact) mass is 529 g/mol. The first-order valence-corrected chi connectivity index (χ1v) is 14.5. The third-order valence-electron chi connectivity index (χ3n) is 5.72. The highest BCUT2D eigenvalue weighted by atomic mass is 32.2. The molecule has 2 aliphatic heterocycles. The normalized spacial score (nSPS) is 17.4. The van der Waals surface area contributed by atoms with Crippen molar-refractivity contribution in [3.8, 4) is 11.5 Å². The number of hydrogen-bond donors (Lipinski definition) is 1. The van der Waals surface area contributed by atoms with E-state index < -0.39 is 10.0 Å². The Morgan fingerprint density at radius 3 is 2.47 bits per heavy atom. The third kappa shape index (κ3) is 6.29. The minimum Gasteiger partial charge on any atom is -0.486 e. The van der Waals surface area contributed by atoms with Gasteiger partial charge in [-0.05, 0) is 54.3 Å². The van der Waals surface area contributed by atoms with Crippen molar-refractivity contribution in [2.75, 3.05) is 32.1 Å². The maximum atomic E-state index is 12.9. The summed E-state index contributed by atoms with van der Waals surface area (Å²) in [6.07, 6.45) is 4.59. The Balaban J connectivity index is 1.35. The number of amidine groups is 1. The van der Waals surface area contributed by atoms with E-state index in [0.717, 1.165) is 41.2 Å². The van der Waals surface area contributed by atoms with Crippen LogP contribution in [-0.2, 0) is 14.8 Å². The van der Waals surface area contributed by atoms with Crippen LogP contribution in [0.1, 0.15) is 43.9 Å². The Labute approximate surface area is 216 Å². The summed E-state index contributed by atoms with van der Waals surface area (Å²) < 4.78 is 38.5. The summed E-state index contributed by atoms with van der Waals surface area (Å²) in [5.41, 5.74) is 1.75. The summed E-state index contributed by atoms with van der Waals surface area (Å²) in [4.78, 5) is 17.3. The number of nitrogens with one attached hydrogen (secondary N) is 1. The molecular weight excluding hydrogens is 498 g/mol. The molecule has 1 N–H and O–H groups in total. The van der Waals surface area contributed by atoms with Crippen molar-refractivity contribution in [3.05, 3.63) is 59.7 Å². The maximum absolute atomic E-state index is 12.9. The predicted molar refractivity (Wildman–Crippen MR) is 143 cm³/mol. The Hall–Kier alpha value is -2.82. The van der Waals surface area contributed by atoms with Crippen molar-refractivity contribution < 1.29 is 22.7 Å². The van der Waals surface area contributed by atoms with E-state index in [1.54, 1.807) is 30.3 Å². The lowest BCUT2D eigenvalue weighted by Crippen LogP contribution is -2.32. The first-order valence-electron chi connectivity index (χ1n) is 12.1. The van der Waals surface area contributed by atoms with Crippen LogP contribution in [0.4, 0.5) is 0 Å². The van der Waals surface area contributed by atoms with E-state index in [0.29, 0.717) is 31.5 Å². The standard InChI is InChI=1S/C26H31N3O5S2/c1-3-13-29(14-4-2)36(31,32)21-9-5-19(6-10-21)7-12-25(30)28-26-27-22(18-35-26)20-8-11-23-24(17-20)34-16-15-33-23/h5-12,17,22H,3-4,13-16,18H2,1-2H3,(H,27,28,30)/b12-7+. The number of carbonyl (C=O) groups excluding carboxylic acids is 1. The number of ether oxygens (including phenoxy) is 2. The zero-order valence-electron chi connectivity index (χ0n) is 20.5. The molecule has 36 heavy (non-hydrogen) atoms. The number of aliphatic imine (C=N–C) groups is 1. The van der Waals surface area contributed by atoms with Crippen molar-refractivity contribution in [3.63, 3.8) is 0 Å². The molecule has 0 fully saturated rings. The Morgan fingerprint density at radius 1 is 1.08 bits per heavy atom. The zero-order chi connectivity index (χ0) is 25.5. The molecular formula is C26H31N3O5S2. The molecule has 1 amide bonds. The van der Waals surface area contributed by atoms with Crippen LogP contribution in [0, 0.1) is 0 Å². The fourth-order valence-corrected chi connectivity index (χ4v) is 6.53. The summed E-state index contributed by atoms with van der Waals surface area (Å²) in [6, 6.07) is 12.3. The van der Waals surface area contributed by atoms with Crippen molar-refractivity contribution in [1.82, 2.24) is 9.62 Å². The lowest BCUT2D eigenvalue weighted by Gasteiger charge is -2.21. The van der Waals surface area contributed by atoms with Crippen LogP contribution in [0.3, 0.4) is 0 Å². The van der Waals surface area contributed by atoms with Gasteiger partial charge in [-0.2, -0.15) is 4.31 Å². The molecule has 0 aliphatic carbocycles. The van der Waals surface area contributed by atoms with Crippen LogP contribution in [0.15, 0.2) is 58.4 Å². The van der Waals surface area contributed by atoms with Crippen LogP contribution in [-0.4, -0.2) is 55.9 Å². The molecule has 0 radical (unpaired) electrons. The number of sulfonamides is 1. The minimum atomic E-state index is -3.53. The molecule has 4 rings (SSSR count). The Morgan fingerprint density at radius 2 is 1.78 bits per heavy atom. The SMILES string of the molecule is CCCN(CCC)S(=O)(=O)c1ccc(/C=C/C(=O)NC2=NC(c3ccc4c(c3)OCCO4)CS2)cc1. The highest BCUT2D eigenvalue weighted by Gasteiger charge is 2.24. The van der Waals surface area contributed by atoms with E-state index in [9.17, 15) is 13.2 Å². The van der Waals surface area contributed by atoms with Crippen LogP contribution in [0.2, 0.25) is 0 Å². The topological polar surface area (TPSA) is 97.3 Å². The van der Waals surface area contributed by atoms with E-state index in [-0.39, 0.29) is 16.8 Å². The van der Waals surface area contributed by atoms with Gasteiger partial charge in [0, 0.05) is 24.9 Å². The molecule has 0 saturated heterocycles. The lowest BCUT2D eigenvalue weighted by atomic mass is 10.1. The number of rotatable bonds is 9. The summed E-state index contributed by atoms with van der Waals surface area (Å²) >= 11 is 1.49. The van der Waals surface area contributed by atoms with Crippen molar-refractivity contribution >= 4 is 38.9 Å². The van der Waals surface area contributed by atoms with E-state index in [4.69, 9.17) is 9.47 Å². The summed E-state index contributed by atoms with van der Waals surface area (Å²) in [6.45, 7) is 6.00. The van der Waals surface area contributed by atoms with E-state index in [2.05, 4.69) is 10.3 Å². The number of amides is 1. The van der Waals surface area contributed by atoms with Gasteiger partial charge in [-0.15, -0.1) is 0 Å². The molecule has 8 nitrogen and oxygen atoms in total. The molecule has 10 heteroatoms. The van der Waals surface area contributed by atoms with Crippen LogP contribution in [0.5, 0.6) is 11.5 Å². The van der Waals surface area contributed by atoms with Crippen molar-refractivity contribution in [2.45, 2.75) is 37.6 Å². The van der Waals surface area contributed by atoms with Gasteiger partial charge in [-0.1, -0.05) is 43.8 Å². The third-order valence-corrected chi connectivity index (χ3v) is 8.60. The second kappa shape index (κ2) is 11.9. The number of hydrogen-bond acceptors (Lipinski definition) is 7. The number of benzene rings is 2. The van der Waals surface area contributed by atoms with Gasteiger partial charge < -0.3 is 14.8 Å². The summed E-state index contributed by atoms with van der Waals surface area (Å²) in [5, 5.41) is 3.39. The average Bonchev–Trinajstić information content (AvgIpc) is 3.35. The van der Waals surface area contributed by atoms with Crippen LogP contribution < -0.4 is 14.8 Å². The molecule has 0 spiro atoms. The lowest BCUT2D eigenvalue weighted by molar-refractivity contribution is -0.115. The summed E-state index contributed by atoms with van der Waals surface area (Å²) in [5.74, 6) is 1.89. The largest absolute Gasteiger partial charge is 0.486 e. The number of fused-ring (bicyclic) bond motifs is 1. The van der Waals surface area contributed by atoms with E-state index in [1.807, 2.05) is 32.0 Å². The molecule has 2 aromatic carbocycles. The second-order valence-electron chi connectivity index (χ2n) is 8.46. The minimum absolute atomic E-state index is 0.0698. The number of thioether (sulfide) groups is 1. The number of nitrogens with zero attached hydrogens (tertiary/aromatic N) is 2. The quantitative estimate of drug-likeness (QED) is 0.488.